The standard InChI is InChI=1S/C15H26N4O/c1-15(2,10-14(16)20)17-11-12-8-9-19(18-12)13-6-4-3-5-7-13/h8-9,13,17H,3-7,10-11H2,1-2H3,(H2,16,20). The minimum atomic E-state index is -0.291. The fraction of sp³-hybridized carbons (Fsp3) is 0.733. The van der Waals surface area contributed by atoms with E-state index in [-0.39, 0.29) is 11.4 Å². The molecule has 0 aromatic carbocycles. The molecule has 0 spiro atoms. The van der Waals surface area contributed by atoms with E-state index in [1.54, 1.807) is 0 Å². The van der Waals surface area contributed by atoms with Crippen molar-refractivity contribution in [3.8, 4) is 0 Å². The lowest BCUT2D eigenvalue weighted by Crippen LogP contribution is -2.42. The van der Waals surface area contributed by atoms with Crippen LogP contribution in [0.3, 0.4) is 0 Å². The van der Waals surface area contributed by atoms with Crippen LogP contribution in [0.25, 0.3) is 0 Å². The molecule has 5 nitrogen and oxygen atoms in total. The smallest absolute Gasteiger partial charge is 0.219 e. The average Bonchev–Trinajstić information content (AvgIpc) is 2.85. The summed E-state index contributed by atoms with van der Waals surface area (Å²) >= 11 is 0. The van der Waals surface area contributed by atoms with Gasteiger partial charge in [0, 0.05) is 24.7 Å². The number of nitrogens with two attached hydrogens (primary N) is 1. The van der Waals surface area contributed by atoms with E-state index in [2.05, 4.69) is 27.4 Å². The van der Waals surface area contributed by atoms with Crippen LogP contribution in [0.5, 0.6) is 0 Å². The maximum absolute atomic E-state index is 11.0. The highest BCUT2D eigenvalue weighted by molar-refractivity contribution is 5.74. The SMILES string of the molecule is CC(C)(CC(N)=O)NCc1ccn(C2CCCCC2)n1. The van der Waals surface area contributed by atoms with Gasteiger partial charge < -0.3 is 11.1 Å². The monoisotopic (exact) mass is 278 g/mol. The first-order chi connectivity index (χ1) is 9.46. The van der Waals surface area contributed by atoms with Crippen molar-refractivity contribution >= 4 is 5.91 Å². The molecule has 1 heterocycles. The predicted molar refractivity (Wildman–Crippen MR) is 79.1 cm³/mol. The number of carbonyl (C=O) groups is 1. The van der Waals surface area contributed by atoms with Gasteiger partial charge in [-0.05, 0) is 32.8 Å². The van der Waals surface area contributed by atoms with Crippen LogP contribution in [0.1, 0.15) is 64.1 Å². The van der Waals surface area contributed by atoms with Crippen molar-refractivity contribution in [2.75, 3.05) is 0 Å². The van der Waals surface area contributed by atoms with Crippen LogP contribution in [-0.4, -0.2) is 21.2 Å². The summed E-state index contributed by atoms with van der Waals surface area (Å²) in [5, 5.41) is 8.00. The molecule has 1 aliphatic carbocycles. The molecule has 112 valence electrons. The summed E-state index contributed by atoms with van der Waals surface area (Å²) in [5.74, 6) is -0.282. The molecule has 0 saturated heterocycles. The topological polar surface area (TPSA) is 72.9 Å². The maximum Gasteiger partial charge on any atom is 0.219 e. The third-order valence-electron chi connectivity index (χ3n) is 3.98. The number of nitrogens with one attached hydrogen (secondary N) is 1. The molecule has 0 atom stereocenters. The maximum atomic E-state index is 11.0. The normalized spacial score (nSPS) is 17.3. The Labute approximate surface area is 120 Å². The van der Waals surface area contributed by atoms with Crippen LogP contribution >= 0.6 is 0 Å². The van der Waals surface area contributed by atoms with Gasteiger partial charge in [0.25, 0.3) is 0 Å². The summed E-state index contributed by atoms with van der Waals surface area (Å²) in [6.07, 6.45) is 8.86. The molecule has 0 unspecified atom stereocenters. The van der Waals surface area contributed by atoms with Gasteiger partial charge in [-0.1, -0.05) is 19.3 Å². The molecule has 5 heteroatoms. The molecular formula is C15H26N4O. The first-order valence-electron chi connectivity index (χ1n) is 7.54. The van der Waals surface area contributed by atoms with E-state index in [1.165, 1.54) is 32.1 Å². The van der Waals surface area contributed by atoms with Crippen LogP contribution in [-0.2, 0) is 11.3 Å². The number of hydrogen-bond acceptors (Lipinski definition) is 3. The summed E-state index contributed by atoms with van der Waals surface area (Å²) in [5.41, 5.74) is 5.98. The zero-order valence-corrected chi connectivity index (χ0v) is 12.6. The van der Waals surface area contributed by atoms with E-state index < -0.39 is 0 Å². The summed E-state index contributed by atoms with van der Waals surface area (Å²) in [4.78, 5) is 11.0. The second kappa shape index (κ2) is 6.39. The van der Waals surface area contributed by atoms with Crippen molar-refractivity contribution < 1.29 is 4.79 Å². The molecule has 2 rings (SSSR count). The molecule has 20 heavy (non-hydrogen) atoms. The summed E-state index contributed by atoms with van der Waals surface area (Å²) in [6.45, 7) is 4.63. The predicted octanol–water partition coefficient (Wildman–Crippen LogP) is 2.13. The molecule has 1 aromatic rings. The number of carbonyl (C=O) groups excluding carboxylic acids is 1. The Hall–Kier alpha value is -1.36. The van der Waals surface area contributed by atoms with E-state index in [0.29, 0.717) is 19.0 Å². The quantitative estimate of drug-likeness (QED) is 0.837. The zero-order chi connectivity index (χ0) is 14.6. The van der Waals surface area contributed by atoms with Crippen LogP contribution in [0.4, 0.5) is 0 Å². The molecule has 0 aliphatic heterocycles. The molecule has 1 aliphatic rings. The van der Waals surface area contributed by atoms with Gasteiger partial charge >= 0.3 is 0 Å². The lowest BCUT2D eigenvalue weighted by molar-refractivity contribution is -0.119. The first kappa shape index (κ1) is 15.0. The Morgan fingerprint density at radius 2 is 2.15 bits per heavy atom. The number of hydrogen-bond donors (Lipinski definition) is 2. The number of primary amides is 1. The summed E-state index contributed by atoms with van der Waals surface area (Å²) < 4.78 is 2.11. The minimum Gasteiger partial charge on any atom is -0.370 e. The van der Waals surface area contributed by atoms with E-state index in [9.17, 15) is 4.79 Å². The highest BCUT2D eigenvalue weighted by Gasteiger charge is 2.20. The molecule has 0 bridgehead atoms. The largest absolute Gasteiger partial charge is 0.370 e. The second-order valence-corrected chi connectivity index (χ2v) is 6.46. The highest BCUT2D eigenvalue weighted by Crippen LogP contribution is 2.27. The first-order valence-corrected chi connectivity index (χ1v) is 7.54. The van der Waals surface area contributed by atoms with Crippen molar-refractivity contribution in [1.82, 2.24) is 15.1 Å². The van der Waals surface area contributed by atoms with E-state index in [4.69, 9.17) is 5.73 Å². The van der Waals surface area contributed by atoms with Gasteiger partial charge in [-0.15, -0.1) is 0 Å². The number of nitrogens with zero attached hydrogens (tertiary/aromatic N) is 2. The number of amides is 1. The number of rotatable bonds is 6. The van der Waals surface area contributed by atoms with Gasteiger partial charge in [-0.3, -0.25) is 9.48 Å². The summed E-state index contributed by atoms with van der Waals surface area (Å²) in [6, 6.07) is 2.62. The average molecular weight is 278 g/mol. The van der Waals surface area contributed by atoms with Crippen LogP contribution in [0, 0.1) is 0 Å². The van der Waals surface area contributed by atoms with Crippen LogP contribution in [0.15, 0.2) is 12.3 Å². The van der Waals surface area contributed by atoms with E-state index in [0.717, 1.165) is 5.69 Å². The molecular weight excluding hydrogens is 252 g/mol. The number of aromatic nitrogens is 2. The van der Waals surface area contributed by atoms with E-state index in [1.807, 2.05) is 13.8 Å². The highest BCUT2D eigenvalue weighted by atomic mass is 16.1. The zero-order valence-electron chi connectivity index (χ0n) is 12.6. The van der Waals surface area contributed by atoms with Crippen LogP contribution < -0.4 is 11.1 Å². The van der Waals surface area contributed by atoms with Crippen molar-refractivity contribution in [2.24, 2.45) is 5.73 Å². The molecule has 1 aromatic heterocycles. The Balaban J connectivity index is 1.87. The van der Waals surface area contributed by atoms with Gasteiger partial charge in [0.2, 0.25) is 5.91 Å². The van der Waals surface area contributed by atoms with Gasteiger partial charge in [0.05, 0.1) is 11.7 Å². The lowest BCUT2D eigenvalue weighted by atomic mass is 9.96. The minimum absolute atomic E-state index is 0.282. The van der Waals surface area contributed by atoms with Crippen molar-refractivity contribution in [2.45, 2.75) is 70.5 Å². The Morgan fingerprint density at radius 3 is 2.80 bits per heavy atom. The molecule has 1 fully saturated rings. The van der Waals surface area contributed by atoms with Crippen molar-refractivity contribution in [3.63, 3.8) is 0 Å². The molecule has 0 radical (unpaired) electrons. The van der Waals surface area contributed by atoms with Gasteiger partial charge in [-0.25, -0.2) is 0 Å². The van der Waals surface area contributed by atoms with Crippen molar-refractivity contribution in [3.05, 3.63) is 18.0 Å². The molecule has 3 N–H and O–H groups in total. The van der Waals surface area contributed by atoms with E-state index >= 15 is 0 Å². The Morgan fingerprint density at radius 1 is 1.45 bits per heavy atom. The third-order valence-corrected chi connectivity index (χ3v) is 3.98. The second-order valence-electron chi connectivity index (χ2n) is 6.46. The van der Waals surface area contributed by atoms with Gasteiger partial charge in [-0.2, -0.15) is 5.10 Å². The van der Waals surface area contributed by atoms with Crippen LogP contribution in [0.2, 0.25) is 0 Å². The van der Waals surface area contributed by atoms with Gasteiger partial charge in [0.1, 0.15) is 0 Å². The van der Waals surface area contributed by atoms with Crippen molar-refractivity contribution in [1.29, 1.82) is 0 Å². The third kappa shape index (κ3) is 4.34. The lowest BCUT2D eigenvalue weighted by Gasteiger charge is -2.24. The summed E-state index contributed by atoms with van der Waals surface area (Å²) in [7, 11) is 0. The van der Waals surface area contributed by atoms with Gasteiger partial charge in [0.15, 0.2) is 0 Å². The Bertz CT molecular complexity index is 446. The molecule has 1 saturated carbocycles. The Kier molecular flexibility index (Phi) is 4.81. The fourth-order valence-corrected chi connectivity index (χ4v) is 2.85. The molecule has 1 amide bonds. The fourth-order valence-electron chi connectivity index (χ4n) is 2.85.